The molecule has 0 spiro atoms. The Hall–Kier alpha value is -0.960. The highest BCUT2D eigenvalue weighted by Crippen LogP contribution is 2.32. The van der Waals surface area contributed by atoms with Crippen LogP contribution in [0, 0.1) is 0 Å². The van der Waals surface area contributed by atoms with Gasteiger partial charge in [0.15, 0.2) is 0 Å². The fourth-order valence-corrected chi connectivity index (χ4v) is 3.80. The van der Waals surface area contributed by atoms with Crippen molar-refractivity contribution >= 4 is 37.5 Å². The average Bonchev–Trinajstić information content (AvgIpc) is 2.64. The van der Waals surface area contributed by atoms with E-state index in [1.165, 1.54) is 6.07 Å². The number of carbonyl (C=O) groups is 1. The molecular formula is C10H11BrN2O4S. The van der Waals surface area contributed by atoms with E-state index in [4.69, 9.17) is 5.11 Å². The fourth-order valence-electron chi connectivity index (χ4n) is 1.69. The van der Waals surface area contributed by atoms with E-state index in [9.17, 15) is 13.2 Å². The first-order valence-electron chi connectivity index (χ1n) is 5.17. The number of benzene rings is 1. The van der Waals surface area contributed by atoms with Gasteiger partial charge in [0, 0.05) is 16.7 Å². The second-order valence-electron chi connectivity index (χ2n) is 3.79. The second-order valence-corrected chi connectivity index (χ2v) is 6.38. The number of halogens is 1. The molecule has 98 valence electrons. The lowest BCUT2D eigenvalue weighted by atomic mass is 10.2. The normalized spacial score (nSPS) is 14.4. The molecule has 1 aliphatic rings. The van der Waals surface area contributed by atoms with E-state index in [-0.39, 0.29) is 30.4 Å². The van der Waals surface area contributed by atoms with Crippen LogP contribution >= 0.6 is 15.9 Å². The summed E-state index contributed by atoms with van der Waals surface area (Å²) in [6.45, 7) is -0.329. The minimum absolute atomic E-state index is 0.0525. The number of aliphatic hydroxyl groups is 1. The molecule has 1 aliphatic heterocycles. The number of nitrogens with one attached hydrogen (secondary N) is 2. The van der Waals surface area contributed by atoms with Crippen LogP contribution in [0.4, 0.5) is 5.69 Å². The van der Waals surface area contributed by atoms with Crippen LogP contribution in [0.1, 0.15) is 5.56 Å². The molecule has 18 heavy (non-hydrogen) atoms. The SMILES string of the molecule is O=C1Cc2cc(S(=O)(=O)NCCO)c(Br)cc2N1. The highest BCUT2D eigenvalue weighted by molar-refractivity contribution is 9.10. The first-order valence-corrected chi connectivity index (χ1v) is 7.44. The molecule has 1 heterocycles. The van der Waals surface area contributed by atoms with E-state index >= 15 is 0 Å². The van der Waals surface area contributed by atoms with Gasteiger partial charge in [-0.15, -0.1) is 0 Å². The van der Waals surface area contributed by atoms with E-state index in [0.717, 1.165) is 0 Å². The van der Waals surface area contributed by atoms with Crippen molar-refractivity contribution in [3.8, 4) is 0 Å². The van der Waals surface area contributed by atoms with Crippen LogP contribution in [-0.4, -0.2) is 32.6 Å². The highest BCUT2D eigenvalue weighted by Gasteiger charge is 2.24. The third-order valence-electron chi connectivity index (χ3n) is 2.48. The fraction of sp³-hybridized carbons (Fsp3) is 0.300. The predicted octanol–water partition coefficient (Wildman–Crippen LogP) is 0.214. The van der Waals surface area contributed by atoms with Gasteiger partial charge in [0.1, 0.15) is 0 Å². The van der Waals surface area contributed by atoms with Gasteiger partial charge in [-0.1, -0.05) is 0 Å². The molecular weight excluding hydrogens is 324 g/mol. The van der Waals surface area contributed by atoms with Crippen molar-refractivity contribution in [2.24, 2.45) is 0 Å². The maximum atomic E-state index is 11.9. The van der Waals surface area contributed by atoms with Crippen molar-refractivity contribution in [2.75, 3.05) is 18.5 Å². The largest absolute Gasteiger partial charge is 0.395 e. The van der Waals surface area contributed by atoms with Crippen molar-refractivity contribution in [3.63, 3.8) is 0 Å². The molecule has 1 aromatic carbocycles. The molecule has 1 amide bonds. The lowest BCUT2D eigenvalue weighted by Gasteiger charge is -2.09. The molecule has 0 unspecified atom stereocenters. The topological polar surface area (TPSA) is 95.5 Å². The number of rotatable bonds is 4. The zero-order valence-electron chi connectivity index (χ0n) is 9.23. The Kier molecular flexibility index (Phi) is 3.71. The number of hydrogen-bond acceptors (Lipinski definition) is 4. The minimum Gasteiger partial charge on any atom is -0.395 e. The van der Waals surface area contributed by atoms with E-state index in [1.807, 2.05) is 0 Å². The molecule has 6 nitrogen and oxygen atoms in total. The summed E-state index contributed by atoms with van der Waals surface area (Å²) in [6.07, 6.45) is 0.172. The molecule has 0 aliphatic carbocycles. The molecule has 8 heteroatoms. The summed E-state index contributed by atoms with van der Waals surface area (Å²) in [5.41, 5.74) is 1.26. The van der Waals surface area contributed by atoms with Crippen LogP contribution in [0.5, 0.6) is 0 Å². The molecule has 1 aromatic rings. The third-order valence-corrected chi connectivity index (χ3v) is 4.90. The Morgan fingerprint density at radius 2 is 2.17 bits per heavy atom. The lowest BCUT2D eigenvalue weighted by Crippen LogP contribution is -2.27. The first-order chi connectivity index (χ1) is 8.44. The maximum absolute atomic E-state index is 11.9. The first kappa shape index (κ1) is 13.5. The highest BCUT2D eigenvalue weighted by atomic mass is 79.9. The number of fused-ring (bicyclic) bond motifs is 1. The molecule has 0 aromatic heterocycles. The van der Waals surface area contributed by atoms with Crippen LogP contribution in [-0.2, 0) is 21.2 Å². The monoisotopic (exact) mass is 334 g/mol. The van der Waals surface area contributed by atoms with Gasteiger partial charge in [0.05, 0.1) is 17.9 Å². The van der Waals surface area contributed by atoms with Gasteiger partial charge >= 0.3 is 0 Å². The molecule has 0 radical (unpaired) electrons. The summed E-state index contributed by atoms with van der Waals surface area (Å²) >= 11 is 3.16. The summed E-state index contributed by atoms with van der Waals surface area (Å²) in [5, 5.41) is 11.3. The Morgan fingerprint density at radius 3 is 2.83 bits per heavy atom. The van der Waals surface area contributed by atoms with Crippen molar-refractivity contribution in [3.05, 3.63) is 22.2 Å². The van der Waals surface area contributed by atoms with Gasteiger partial charge in [-0.3, -0.25) is 4.79 Å². The Labute approximate surface area is 113 Å². The number of carbonyl (C=O) groups excluding carboxylic acids is 1. The Balaban J connectivity index is 2.41. The standard InChI is InChI=1S/C10H11BrN2O4S/c11-7-5-8-6(4-10(15)13-8)3-9(7)18(16,17)12-1-2-14/h3,5,12,14H,1-2,4H2,(H,13,15). The quantitative estimate of drug-likeness (QED) is 0.733. The van der Waals surface area contributed by atoms with Gasteiger partial charge in [-0.05, 0) is 33.6 Å². The Morgan fingerprint density at radius 1 is 1.44 bits per heavy atom. The summed E-state index contributed by atoms with van der Waals surface area (Å²) in [4.78, 5) is 11.3. The van der Waals surface area contributed by atoms with Crippen LogP contribution in [0.15, 0.2) is 21.5 Å². The zero-order valence-corrected chi connectivity index (χ0v) is 11.6. The average molecular weight is 335 g/mol. The van der Waals surface area contributed by atoms with Gasteiger partial charge in [0.2, 0.25) is 15.9 Å². The maximum Gasteiger partial charge on any atom is 0.241 e. The number of aliphatic hydroxyl groups excluding tert-OH is 1. The molecule has 0 bridgehead atoms. The smallest absolute Gasteiger partial charge is 0.241 e. The molecule has 0 saturated heterocycles. The summed E-state index contributed by atoms with van der Waals surface area (Å²) in [5.74, 6) is -0.158. The molecule has 3 N–H and O–H groups in total. The third kappa shape index (κ3) is 2.56. The van der Waals surface area contributed by atoms with Gasteiger partial charge in [0.25, 0.3) is 0 Å². The molecule has 0 saturated carbocycles. The second kappa shape index (κ2) is 4.96. The van der Waals surface area contributed by atoms with Crippen LogP contribution in [0.3, 0.4) is 0 Å². The van der Waals surface area contributed by atoms with E-state index in [1.54, 1.807) is 6.07 Å². The summed E-state index contributed by atoms with van der Waals surface area (Å²) < 4.78 is 26.5. The Bertz CT molecular complexity index is 600. The zero-order chi connectivity index (χ0) is 13.3. The number of amides is 1. The number of sulfonamides is 1. The van der Waals surface area contributed by atoms with Gasteiger partial charge in [-0.25, -0.2) is 13.1 Å². The van der Waals surface area contributed by atoms with Gasteiger partial charge < -0.3 is 10.4 Å². The molecule has 0 atom stereocenters. The van der Waals surface area contributed by atoms with E-state index in [2.05, 4.69) is 26.0 Å². The van der Waals surface area contributed by atoms with Crippen molar-refractivity contribution in [1.82, 2.24) is 4.72 Å². The summed E-state index contributed by atoms with van der Waals surface area (Å²) in [6, 6.07) is 3.02. The summed E-state index contributed by atoms with van der Waals surface area (Å²) in [7, 11) is -3.69. The molecule has 2 rings (SSSR count). The van der Waals surface area contributed by atoms with Crippen LogP contribution in [0.2, 0.25) is 0 Å². The van der Waals surface area contributed by atoms with Crippen molar-refractivity contribution < 1.29 is 18.3 Å². The van der Waals surface area contributed by atoms with E-state index < -0.39 is 10.0 Å². The number of anilines is 1. The van der Waals surface area contributed by atoms with Crippen LogP contribution < -0.4 is 10.0 Å². The predicted molar refractivity (Wildman–Crippen MR) is 68.8 cm³/mol. The van der Waals surface area contributed by atoms with Crippen LogP contribution in [0.25, 0.3) is 0 Å². The number of hydrogen-bond donors (Lipinski definition) is 3. The lowest BCUT2D eigenvalue weighted by molar-refractivity contribution is -0.115. The minimum atomic E-state index is -3.69. The van der Waals surface area contributed by atoms with Crippen molar-refractivity contribution in [2.45, 2.75) is 11.3 Å². The molecule has 0 fully saturated rings. The van der Waals surface area contributed by atoms with E-state index in [0.29, 0.717) is 15.7 Å². The van der Waals surface area contributed by atoms with Crippen molar-refractivity contribution in [1.29, 1.82) is 0 Å². The van der Waals surface area contributed by atoms with Gasteiger partial charge in [-0.2, -0.15) is 0 Å².